The molecule has 0 saturated carbocycles. The summed E-state index contributed by atoms with van der Waals surface area (Å²) >= 11 is 3.27. The number of hydrogen-bond donors (Lipinski definition) is 1. The average molecular weight is 268 g/mol. The second kappa shape index (κ2) is 6.24. The van der Waals surface area contributed by atoms with E-state index in [-0.39, 0.29) is 18.1 Å². The van der Waals surface area contributed by atoms with Crippen LogP contribution in [0.3, 0.4) is 0 Å². The molecule has 0 aromatic rings. The van der Waals surface area contributed by atoms with Crippen LogP contribution in [0.4, 0.5) is 4.79 Å². The Morgan fingerprint density at radius 3 is 2.43 bits per heavy atom. The van der Waals surface area contributed by atoms with E-state index in [1.807, 2.05) is 20.8 Å². The van der Waals surface area contributed by atoms with Crippen LogP contribution in [0.25, 0.3) is 0 Å². The fraction of sp³-hybridized carbons (Fsp3) is 0.889. The van der Waals surface area contributed by atoms with Crippen LogP contribution in [0.15, 0.2) is 0 Å². The van der Waals surface area contributed by atoms with Crippen molar-refractivity contribution in [2.75, 3.05) is 18.5 Å². The summed E-state index contributed by atoms with van der Waals surface area (Å²) in [6.07, 6.45) is -0.894. The molecule has 0 spiro atoms. The topological polar surface area (TPSA) is 61.5 Å². The van der Waals surface area contributed by atoms with Crippen LogP contribution >= 0.6 is 15.9 Å². The molecule has 1 unspecified atom stereocenters. The SMILES string of the molecule is CC(C)(C)C(COC(N)=O)OCCBr. The van der Waals surface area contributed by atoms with Crippen LogP contribution in [-0.2, 0) is 9.47 Å². The summed E-state index contributed by atoms with van der Waals surface area (Å²) in [7, 11) is 0. The number of ether oxygens (including phenoxy) is 2. The van der Waals surface area contributed by atoms with E-state index in [0.717, 1.165) is 5.33 Å². The van der Waals surface area contributed by atoms with Crippen molar-refractivity contribution in [1.82, 2.24) is 0 Å². The quantitative estimate of drug-likeness (QED) is 0.775. The maximum atomic E-state index is 10.4. The maximum absolute atomic E-state index is 10.4. The van der Waals surface area contributed by atoms with Gasteiger partial charge in [-0.15, -0.1) is 0 Å². The van der Waals surface area contributed by atoms with Crippen molar-refractivity contribution in [3.8, 4) is 0 Å². The summed E-state index contributed by atoms with van der Waals surface area (Å²) in [5, 5.41) is 0.760. The first kappa shape index (κ1) is 13.7. The van der Waals surface area contributed by atoms with E-state index < -0.39 is 6.09 Å². The molecule has 0 radical (unpaired) electrons. The lowest BCUT2D eigenvalue weighted by Gasteiger charge is -2.29. The summed E-state index contributed by atoms with van der Waals surface area (Å²) < 4.78 is 10.3. The largest absolute Gasteiger partial charge is 0.447 e. The Morgan fingerprint density at radius 1 is 1.50 bits per heavy atom. The highest BCUT2D eigenvalue weighted by Gasteiger charge is 2.26. The van der Waals surface area contributed by atoms with Gasteiger partial charge in [-0.1, -0.05) is 36.7 Å². The zero-order valence-electron chi connectivity index (χ0n) is 8.88. The molecule has 0 fully saturated rings. The first-order valence-electron chi connectivity index (χ1n) is 4.47. The van der Waals surface area contributed by atoms with E-state index in [2.05, 4.69) is 15.9 Å². The molecule has 0 bridgehead atoms. The van der Waals surface area contributed by atoms with Gasteiger partial charge in [-0.2, -0.15) is 0 Å². The number of primary amides is 1. The van der Waals surface area contributed by atoms with Crippen molar-refractivity contribution in [2.24, 2.45) is 11.1 Å². The van der Waals surface area contributed by atoms with Gasteiger partial charge in [0.25, 0.3) is 0 Å². The first-order valence-corrected chi connectivity index (χ1v) is 5.60. The van der Waals surface area contributed by atoms with Gasteiger partial charge in [-0.25, -0.2) is 4.79 Å². The van der Waals surface area contributed by atoms with Crippen molar-refractivity contribution in [2.45, 2.75) is 26.9 Å². The molecule has 0 aliphatic heterocycles. The molecular formula is C9H18BrNO3. The third-order valence-electron chi connectivity index (χ3n) is 1.74. The fourth-order valence-electron chi connectivity index (χ4n) is 0.893. The number of amides is 1. The summed E-state index contributed by atoms with van der Waals surface area (Å²) in [4.78, 5) is 10.4. The number of hydrogen-bond acceptors (Lipinski definition) is 3. The molecule has 2 N–H and O–H groups in total. The Kier molecular flexibility index (Phi) is 6.11. The Morgan fingerprint density at radius 2 is 2.07 bits per heavy atom. The Balaban J connectivity index is 4.04. The number of carbonyl (C=O) groups is 1. The monoisotopic (exact) mass is 267 g/mol. The van der Waals surface area contributed by atoms with Gasteiger partial charge >= 0.3 is 6.09 Å². The lowest BCUT2D eigenvalue weighted by atomic mass is 9.89. The molecule has 0 heterocycles. The molecule has 1 atom stereocenters. The number of alkyl halides is 1. The van der Waals surface area contributed by atoms with Gasteiger partial charge in [-0.05, 0) is 5.41 Å². The van der Waals surface area contributed by atoms with E-state index in [9.17, 15) is 4.79 Å². The summed E-state index contributed by atoms with van der Waals surface area (Å²) in [6, 6.07) is 0. The van der Waals surface area contributed by atoms with Crippen molar-refractivity contribution < 1.29 is 14.3 Å². The molecule has 0 aromatic heterocycles. The Bertz CT molecular complexity index is 179. The van der Waals surface area contributed by atoms with Crippen molar-refractivity contribution >= 4 is 22.0 Å². The normalized spacial score (nSPS) is 13.7. The third kappa shape index (κ3) is 6.21. The molecule has 4 nitrogen and oxygen atoms in total. The molecule has 84 valence electrons. The second-order valence-electron chi connectivity index (χ2n) is 4.04. The van der Waals surface area contributed by atoms with E-state index >= 15 is 0 Å². The van der Waals surface area contributed by atoms with Crippen molar-refractivity contribution in [1.29, 1.82) is 0 Å². The van der Waals surface area contributed by atoms with E-state index in [0.29, 0.717) is 6.61 Å². The van der Waals surface area contributed by atoms with Crippen molar-refractivity contribution in [3.05, 3.63) is 0 Å². The highest BCUT2D eigenvalue weighted by Crippen LogP contribution is 2.22. The number of rotatable bonds is 5. The van der Waals surface area contributed by atoms with Gasteiger partial charge in [-0.3, -0.25) is 0 Å². The minimum atomic E-state index is -0.762. The summed E-state index contributed by atoms with van der Waals surface area (Å²) in [5.74, 6) is 0. The summed E-state index contributed by atoms with van der Waals surface area (Å²) in [5.41, 5.74) is 4.81. The lowest BCUT2D eigenvalue weighted by molar-refractivity contribution is -0.0454. The van der Waals surface area contributed by atoms with E-state index in [1.54, 1.807) is 0 Å². The van der Waals surface area contributed by atoms with Gasteiger partial charge in [0.05, 0.1) is 12.7 Å². The zero-order chi connectivity index (χ0) is 11.2. The Hall–Kier alpha value is -0.290. The molecule has 0 aliphatic rings. The van der Waals surface area contributed by atoms with Crippen LogP contribution in [-0.4, -0.2) is 30.7 Å². The number of halogens is 1. The summed E-state index contributed by atoms with van der Waals surface area (Å²) in [6.45, 7) is 6.86. The minimum absolute atomic E-state index is 0.0718. The molecule has 14 heavy (non-hydrogen) atoms. The lowest BCUT2D eigenvalue weighted by Crippen LogP contribution is -2.36. The first-order chi connectivity index (χ1) is 6.38. The smallest absolute Gasteiger partial charge is 0.404 e. The van der Waals surface area contributed by atoms with Gasteiger partial charge in [0.15, 0.2) is 0 Å². The number of carbonyl (C=O) groups excluding carboxylic acids is 1. The maximum Gasteiger partial charge on any atom is 0.404 e. The number of nitrogens with two attached hydrogens (primary N) is 1. The molecule has 1 amide bonds. The van der Waals surface area contributed by atoms with Crippen LogP contribution in [0.2, 0.25) is 0 Å². The van der Waals surface area contributed by atoms with Gasteiger partial charge in [0.1, 0.15) is 6.61 Å². The zero-order valence-corrected chi connectivity index (χ0v) is 10.5. The van der Waals surface area contributed by atoms with E-state index in [4.69, 9.17) is 15.2 Å². The molecular weight excluding hydrogens is 250 g/mol. The van der Waals surface area contributed by atoms with Gasteiger partial charge in [0, 0.05) is 5.33 Å². The molecule has 0 saturated heterocycles. The highest BCUT2D eigenvalue weighted by atomic mass is 79.9. The van der Waals surface area contributed by atoms with Crippen LogP contribution in [0.1, 0.15) is 20.8 Å². The molecule has 0 aliphatic carbocycles. The minimum Gasteiger partial charge on any atom is -0.447 e. The molecule has 5 heteroatoms. The predicted octanol–water partition coefficient (Wildman–Crippen LogP) is 1.91. The Labute approximate surface area is 93.3 Å². The molecule has 0 aromatic carbocycles. The molecule has 0 rings (SSSR count). The predicted molar refractivity (Wildman–Crippen MR) is 58.5 cm³/mol. The fourth-order valence-corrected chi connectivity index (χ4v) is 1.08. The van der Waals surface area contributed by atoms with E-state index in [1.165, 1.54) is 0 Å². The van der Waals surface area contributed by atoms with Crippen LogP contribution in [0, 0.1) is 5.41 Å². The van der Waals surface area contributed by atoms with Gasteiger partial charge in [0.2, 0.25) is 0 Å². The van der Waals surface area contributed by atoms with Crippen molar-refractivity contribution in [3.63, 3.8) is 0 Å². The third-order valence-corrected chi connectivity index (χ3v) is 2.06. The standard InChI is InChI=1S/C9H18BrNO3/c1-9(2,3)7(13-5-4-10)6-14-8(11)12/h7H,4-6H2,1-3H3,(H2,11,12). The average Bonchev–Trinajstić information content (AvgIpc) is 2.01. The van der Waals surface area contributed by atoms with Crippen LogP contribution in [0.5, 0.6) is 0 Å². The van der Waals surface area contributed by atoms with Crippen LogP contribution < -0.4 is 5.73 Å². The highest BCUT2D eigenvalue weighted by molar-refractivity contribution is 9.09. The second-order valence-corrected chi connectivity index (χ2v) is 4.84. The van der Waals surface area contributed by atoms with Gasteiger partial charge < -0.3 is 15.2 Å².